The normalized spacial score (nSPS) is 23.8. The van der Waals surface area contributed by atoms with Gasteiger partial charge in [-0.05, 0) is 18.9 Å². The van der Waals surface area contributed by atoms with Crippen molar-refractivity contribution in [3.05, 3.63) is 24.3 Å². The average molecular weight is 150 g/mol. The molecule has 3 heteroatoms. The maximum Gasteiger partial charge on any atom is 0.115 e. The van der Waals surface area contributed by atoms with Crippen LogP contribution in [0, 0.1) is 0 Å². The number of rotatable bonds is 1. The molecule has 0 saturated carbocycles. The van der Waals surface area contributed by atoms with Crippen LogP contribution in [0.4, 0.5) is 0 Å². The van der Waals surface area contributed by atoms with E-state index in [1.165, 1.54) is 0 Å². The van der Waals surface area contributed by atoms with Crippen molar-refractivity contribution < 1.29 is 4.74 Å². The van der Waals surface area contributed by atoms with Crippen LogP contribution in [-0.2, 0) is 4.74 Å². The lowest BCUT2D eigenvalue weighted by molar-refractivity contribution is 0.108. The summed E-state index contributed by atoms with van der Waals surface area (Å²) in [6.07, 6.45) is 5.78. The maximum atomic E-state index is 5.45. The summed E-state index contributed by atoms with van der Waals surface area (Å²) < 4.78 is 5.45. The smallest absolute Gasteiger partial charge is 0.115 e. The summed E-state index contributed by atoms with van der Waals surface area (Å²) in [7, 11) is 0. The minimum atomic E-state index is 0.220. The minimum absolute atomic E-state index is 0.220. The largest absolute Gasteiger partial charge is 0.372 e. The van der Waals surface area contributed by atoms with Gasteiger partial charge >= 0.3 is 0 Å². The lowest BCUT2D eigenvalue weighted by Gasteiger charge is -2.06. The molecular weight excluding hydrogens is 140 g/mol. The van der Waals surface area contributed by atoms with Crippen LogP contribution in [-0.4, -0.2) is 16.6 Å². The molecule has 0 radical (unpaired) electrons. The third-order valence-corrected chi connectivity index (χ3v) is 1.86. The zero-order valence-corrected chi connectivity index (χ0v) is 6.23. The van der Waals surface area contributed by atoms with Gasteiger partial charge in [0.15, 0.2) is 0 Å². The maximum absolute atomic E-state index is 5.45. The molecule has 11 heavy (non-hydrogen) atoms. The molecule has 0 spiro atoms. The van der Waals surface area contributed by atoms with E-state index in [1.54, 1.807) is 12.5 Å². The monoisotopic (exact) mass is 150 g/mol. The van der Waals surface area contributed by atoms with Gasteiger partial charge in [0, 0.05) is 12.8 Å². The first-order valence-electron chi connectivity index (χ1n) is 3.84. The summed E-state index contributed by atoms with van der Waals surface area (Å²) >= 11 is 0. The molecular formula is C8H10N2O. The zero-order valence-electron chi connectivity index (χ0n) is 6.23. The van der Waals surface area contributed by atoms with Gasteiger partial charge in [0.05, 0.1) is 11.8 Å². The number of hydrogen-bond donors (Lipinski definition) is 0. The van der Waals surface area contributed by atoms with Crippen LogP contribution in [0.5, 0.6) is 0 Å². The number of aromatic nitrogens is 2. The molecule has 2 heterocycles. The fourth-order valence-electron chi connectivity index (χ4n) is 1.30. The quantitative estimate of drug-likeness (QED) is 0.605. The molecule has 1 aliphatic heterocycles. The van der Waals surface area contributed by atoms with Crippen molar-refractivity contribution in [1.82, 2.24) is 9.97 Å². The Balaban J connectivity index is 2.16. The fraction of sp³-hybridized carbons (Fsp3) is 0.500. The molecule has 1 saturated heterocycles. The number of ether oxygens (including phenoxy) is 1. The molecule has 0 amide bonds. The van der Waals surface area contributed by atoms with Crippen molar-refractivity contribution >= 4 is 0 Å². The van der Waals surface area contributed by atoms with E-state index >= 15 is 0 Å². The average Bonchev–Trinajstić information content (AvgIpc) is 2.58. The third kappa shape index (κ3) is 1.38. The van der Waals surface area contributed by atoms with Crippen LogP contribution in [0.3, 0.4) is 0 Å². The highest BCUT2D eigenvalue weighted by Crippen LogP contribution is 2.25. The molecule has 0 bridgehead atoms. The zero-order chi connectivity index (χ0) is 7.52. The van der Waals surface area contributed by atoms with Crippen molar-refractivity contribution in [2.75, 3.05) is 6.61 Å². The molecule has 1 aromatic rings. The van der Waals surface area contributed by atoms with E-state index < -0.39 is 0 Å². The van der Waals surface area contributed by atoms with Crippen LogP contribution in [0.25, 0.3) is 0 Å². The van der Waals surface area contributed by atoms with Gasteiger partial charge in [-0.25, -0.2) is 9.97 Å². The van der Waals surface area contributed by atoms with E-state index in [9.17, 15) is 0 Å². The van der Waals surface area contributed by atoms with Crippen LogP contribution in [0.1, 0.15) is 24.6 Å². The Morgan fingerprint density at radius 2 is 2.55 bits per heavy atom. The molecule has 1 aromatic heterocycles. The van der Waals surface area contributed by atoms with Crippen molar-refractivity contribution in [1.29, 1.82) is 0 Å². The van der Waals surface area contributed by atoms with E-state index in [0.717, 1.165) is 25.1 Å². The standard InChI is InChI=1S/C8H10N2O/c1-2-8(11-5-1)7-3-4-9-6-10-7/h3-4,6,8H,1-2,5H2/t8-/m1/s1. The van der Waals surface area contributed by atoms with Crippen molar-refractivity contribution in [2.45, 2.75) is 18.9 Å². The van der Waals surface area contributed by atoms with Crippen molar-refractivity contribution in [3.63, 3.8) is 0 Å². The summed E-state index contributed by atoms with van der Waals surface area (Å²) in [5.74, 6) is 0. The van der Waals surface area contributed by atoms with E-state index in [4.69, 9.17) is 4.74 Å². The minimum Gasteiger partial charge on any atom is -0.372 e. The second-order valence-electron chi connectivity index (χ2n) is 2.64. The van der Waals surface area contributed by atoms with E-state index in [2.05, 4.69) is 9.97 Å². The fourth-order valence-corrected chi connectivity index (χ4v) is 1.30. The third-order valence-electron chi connectivity index (χ3n) is 1.86. The summed E-state index contributed by atoms with van der Waals surface area (Å²) in [5, 5.41) is 0. The van der Waals surface area contributed by atoms with Gasteiger partial charge in [-0.1, -0.05) is 0 Å². The molecule has 0 N–H and O–H groups in total. The van der Waals surface area contributed by atoms with Crippen molar-refractivity contribution in [2.24, 2.45) is 0 Å². The Bertz CT molecular complexity index is 219. The van der Waals surface area contributed by atoms with Crippen LogP contribution in [0.2, 0.25) is 0 Å². The van der Waals surface area contributed by atoms with Crippen molar-refractivity contribution in [3.8, 4) is 0 Å². The second kappa shape index (κ2) is 2.96. The molecule has 3 nitrogen and oxygen atoms in total. The Kier molecular flexibility index (Phi) is 1.81. The molecule has 0 unspecified atom stereocenters. The van der Waals surface area contributed by atoms with Gasteiger partial charge in [-0.3, -0.25) is 0 Å². The molecule has 0 aromatic carbocycles. The van der Waals surface area contributed by atoms with E-state index in [1.807, 2.05) is 6.07 Å². The van der Waals surface area contributed by atoms with Gasteiger partial charge in [0.25, 0.3) is 0 Å². The highest BCUT2D eigenvalue weighted by molar-refractivity contribution is 5.03. The highest BCUT2D eigenvalue weighted by atomic mass is 16.5. The summed E-state index contributed by atoms with van der Waals surface area (Å²) in [6.45, 7) is 0.870. The Hall–Kier alpha value is -0.960. The van der Waals surface area contributed by atoms with Crippen LogP contribution >= 0.6 is 0 Å². The lowest BCUT2D eigenvalue weighted by Crippen LogP contribution is -1.98. The van der Waals surface area contributed by atoms with E-state index in [0.29, 0.717) is 0 Å². The Labute approximate surface area is 65.4 Å². The second-order valence-corrected chi connectivity index (χ2v) is 2.64. The topological polar surface area (TPSA) is 35.0 Å². The molecule has 58 valence electrons. The Morgan fingerprint density at radius 1 is 1.55 bits per heavy atom. The highest BCUT2D eigenvalue weighted by Gasteiger charge is 2.17. The van der Waals surface area contributed by atoms with Gasteiger partial charge in [-0.2, -0.15) is 0 Å². The van der Waals surface area contributed by atoms with E-state index in [-0.39, 0.29) is 6.10 Å². The first kappa shape index (κ1) is 6.73. The molecule has 1 atom stereocenters. The predicted octanol–water partition coefficient (Wildman–Crippen LogP) is 1.33. The first-order valence-corrected chi connectivity index (χ1v) is 3.84. The summed E-state index contributed by atoms with van der Waals surface area (Å²) in [5.41, 5.74) is 1.01. The van der Waals surface area contributed by atoms with Gasteiger partial charge in [-0.15, -0.1) is 0 Å². The van der Waals surface area contributed by atoms with Gasteiger partial charge in [0.2, 0.25) is 0 Å². The Morgan fingerprint density at radius 3 is 3.18 bits per heavy atom. The molecule has 2 rings (SSSR count). The van der Waals surface area contributed by atoms with Crippen LogP contribution < -0.4 is 0 Å². The SMILES string of the molecule is c1cc([C@H]2CCCO2)ncn1. The van der Waals surface area contributed by atoms with Gasteiger partial charge < -0.3 is 4.74 Å². The van der Waals surface area contributed by atoms with Gasteiger partial charge in [0.1, 0.15) is 6.33 Å². The molecule has 1 fully saturated rings. The lowest BCUT2D eigenvalue weighted by atomic mass is 10.2. The van der Waals surface area contributed by atoms with Crippen LogP contribution in [0.15, 0.2) is 18.6 Å². The summed E-state index contributed by atoms with van der Waals surface area (Å²) in [6, 6.07) is 1.91. The first-order chi connectivity index (χ1) is 5.47. The predicted molar refractivity (Wildman–Crippen MR) is 40.0 cm³/mol. The molecule has 0 aliphatic carbocycles. The molecule has 1 aliphatic rings. The number of nitrogens with zero attached hydrogens (tertiary/aromatic N) is 2. The number of hydrogen-bond acceptors (Lipinski definition) is 3. The summed E-state index contributed by atoms with van der Waals surface area (Å²) in [4.78, 5) is 7.97.